The molecule has 0 saturated heterocycles. The predicted octanol–water partition coefficient (Wildman–Crippen LogP) is 9.18. The van der Waals surface area contributed by atoms with Gasteiger partial charge in [-0.1, -0.05) is 91.0 Å². The van der Waals surface area contributed by atoms with E-state index in [4.69, 9.17) is 15.0 Å². The number of pyridine rings is 1. The largest absolute Gasteiger partial charge is 0.301 e. The molecule has 0 aliphatic rings. The van der Waals surface area contributed by atoms with Crippen molar-refractivity contribution in [2.24, 2.45) is 0 Å². The van der Waals surface area contributed by atoms with Crippen molar-refractivity contribution in [2.75, 3.05) is 0 Å². The van der Waals surface area contributed by atoms with Crippen LogP contribution < -0.4 is 0 Å². The van der Waals surface area contributed by atoms with Crippen LogP contribution in [0.25, 0.3) is 70.9 Å². The third-order valence-electron chi connectivity index (χ3n) is 7.27. The van der Waals surface area contributed by atoms with E-state index in [0.29, 0.717) is 5.82 Å². The summed E-state index contributed by atoms with van der Waals surface area (Å²) in [7, 11) is 0. The highest BCUT2D eigenvalue weighted by molar-refractivity contribution is 7.25. The lowest BCUT2D eigenvalue weighted by Gasteiger charge is -2.12. The number of thiophene rings is 1. The summed E-state index contributed by atoms with van der Waals surface area (Å²) >= 11 is 1.78. The third-order valence-corrected chi connectivity index (χ3v) is 8.40. The first-order valence-corrected chi connectivity index (χ1v) is 14.0. The van der Waals surface area contributed by atoms with Crippen LogP contribution in [0.5, 0.6) is 0 Å². The molecule has 0 aliphatic heterocycles. The molecule has 0 fully saturated rings. The Labute approximate surface area is 234 Å². The van der Waals surface area contributed by atoms with Gasteiger partial charge in [0.1, 0.15) is 4.83 Å². The van der Waals surface area contributed by atoms with Crippen LogP contribution in [0, 0.1) is 0 Å². The first kappa shape index (κ1) is 22.8. The minimum atomic E-state index is 0.715. The number of rotatable bonds is 4. The number of hydrogen-bond donors (Lipinski definition) is 0. The summed E-state index contributed by atoms with van der Waals surface area (Å²) in [6.07, 6.45) is 1.88. The quantitative estimate of drug-likeness (QED) is 0.228. The van der Waals surface area contributed by atoms with Crippen LogP contribution in [0.15, 0.2) is 134 Å². The Kier molecular flexibility index (Phi) is 5.28. The van der Waals surface area contributed by atoms with Gasteiger partial charge in [-0.25, -0.2) is 9.97 Å². The second-order valence-electron chi connectivity index (χ2n) is 9.73. The number of fused-ring (bicyclic) bond motifs is 5. The summed E-state index contributed by atoms with van der Waals surface area (Å²) < 4.78 is 3.55. The predicted molar refractivity (Wildman–Crippen MR) is 166 cm³/mol. The molecule has 4 nitrogen and oxygen atoms in total. The van der Waals surface area contributed by atoms with E-state index in [1.807, 2.05) is 48.7 Å². The van der Waals surface area contributed by atoms with Gasteiger partial charge in [0.15, 0.2) is 5.82 Å². The highest BCUT2D eigenvalue weighted by Crippen LogP contribution is 2.41. The van der Waals surface area contributed by atoms with Crippen molar-refractivity contribution >= 4 is 42.7 Å². The number of aromatic nitrogens is 4. The van der Waals surface area contributed by atoms with E-state index in [1.165, 1.54) is 25.8 Å². The fraction of sp³-hybridized carbons (Fsp3) is 0. The van der Waals surface area contributed by atoms with Crippen LogP contribution in [0.1, 0.15) is 0 Å². The van der Waals surface area contributed by atoms with Crippen LogP contribution in [0.3, 0.4) is 0 Å². The highest BCUT2D eigenvalue weighted by Gasteiger charge is 2.18. The second-order valence-corrected chi connectivity index (χ2v) is 10.8. The summed E-state index contributed by atoms with van der Waals surface area (Å²) in [4.78, 5) is 16.0. The summed E-state index contributed by atoms with van der Waals surface area (Å²) in [5, 5.41) is 2.42. The molecule has 4 heterocycles. The molecule has 0 bridgehead atoms. The molecular formula is C35H22N4S. The van der Waals surface area contributed by atoms with Gasteiger partial charge in [0, 0.05) is 39.3 Å². The van der Waals surface area contributed by atoms with Crippen molar-refractivity contribution in [1.29, 1.82) is 0 Å². The highest BCUT2D eigenvalue weighted by atomic mass is 32.1. The van der Waals surface area contributed by atoms with Gasteiger partial charge in [-0.3, -0.25) is 4.98 Å². The lowest BCUT2D eigenvalue weighted by atomic mass is 10.1. The molecule has 0 atom stereocenters. The summed E-state index contributed by atoms with van der Waals surface area (Å²) in [6, 6.07) is 44.0. The Balaban J connectivity index is 1.35. The van der Waals surface area contributed by atoms with Gasteiger partial charge in [0.2, 0.25) is 0 Å². The maximum absolute atomic E-state index is 5.05. The summed E-state index contributed by atoms with van der Waals surface area (Å²) in [5.74, 6) is 0.715. The van der Waals surface area contributed by atoms with Crippen molar-refractivity contribution in [3.8, 4) is 39.6 Å². The molecule has 0 radical (unpaired) electrons. The zero-order chi connectivity index (χ0) is 26.5. The standard InChI is InChI=1S/C35H22N4S/c1-3-11-23(12-4-1)28-22-29(38-34(37-28)24-13-5-2-6-14-24)25-15-9-16-26(21-25)39-30-18-8-7-17-27(30)32-33-31(40-35(32)39)19-10-20-36-33/h1-22H. The molecule has 0 unspecified atom stereocenters. The van der Waals surface area contributed by atoms with Crippen LogP contribution in [0.2, 0.25) is 0 Å². The first-order valence-electron chi connectivity index (χ1n) is 13.2. The Hall–Kier alpha value is -5.13. The topological polar surface area (TPSA) is 43.6 Å². The monoisotopic (exact) mass is 530 g/mol. The molecule has 0 aliphatic carbocycles. The SMILES string of the molecule is c1ccc(-c2cc(-c3cccc(-n4c5ccccc5c5c6ncccc6sc54)c3)nc(-c3ccccc3)n2)cc1. The Morgan fingerprint density at radius 1 is 0.575 bits per heavy atom. The number of benzene rings is 4. The van der Waals surface area contributed by atoms with Crippen molar-refractivity contribution in [3.05, 3.63) is 134 Å². The zero-order valence-corrected chi connectivity index (χ0v) is 22.2. The van der Waals surface area contributed by atoms with Crippen molar-refractivity contribution < 1.29 is 0 Å². The molecule has 8 aromatic rings. The molecule has 188 valence electrons. The van der Waals surface area contributed by atoms with Crippen LogP contribution in [0.4, 0.5) is 0 Å². The second kappa shape index (κ2) is 9.26. The first-order chi connectivity index (χ1) is 19.8. The maximum atomic E-state index is 5.05. The summed E-state index contributed by atoms with van der Waals surface area (Å²) in [6.45, 7) is 0. The average molecular weight is 531 g/mol. The van der Waals surface area contributed by atoms with E-state index in [-0.39, 0.29) is 0 Å². The van der Waals surface area contributed by atoms with Crippen LogP contribution >= 0.6 is 11.3 Å². The Bertz CT molecular complexity index is 2100. The lowest BCUT2D eigenvalue weighted by Crippen LogP contribution is -1.97. The van der Waals surface area contributed by atoms with Gasteiger partial charge in [0.05, 0.1) is 27.1 Å². The van der Waals surface area contributed by atoms with Gasteiger partial charge in [-0.15, -0.1) is 11.3 Å². The third kappa shape index (κ3) is 3.71. The Morgan fingerprint density at radius 3 is 2.10 bits per heavy atom. The fourth-order valence-electron chi connectivity index (χ4n) is 5.44. The molecule has 0 spiro atoms. The van der Waals surface area contributed by atoms with E-state index in [2.05, 4.69) is 89.5 Å². The minimum absolute atomic E-state index is 0.715. The molecule has 0 saturated carbocycles. The van der Waals surface area contributed by atoms with Crippen molar-refractivity contribution in [3.63, 3.8) is 0 Å². The fourth-order valence-corrected chi connectivity index (χ4v) is 6.65. The number of hydrogen-bond acceptors (Lipinski definition) is 4. The minimum Gasteiger partial charge on any atom is -0.301 e. The average Bonchev–Trinajstić information content (AvgIpc) is 3.56. The molecule has 4 aromatic heterocycles. The molecule has 0 N–H and O–H groups in total. The van der Waals surface area contributed by atoms with Gasteiger partial charge in [-0.2, -0.15) is 0 Å². The van der Waals surface area contributed by atoms with E-state index in [1.54, 1.807) is 11.3 Å². The van der Waals surface area contributed by atoms with E-state index < -0.39 is 0 Å². The van der Waals surface area contributed by atoms with Gasteiger partial charge in [0.25, 0.3) is 0 Å². The van der Waals surface area contributed by atoms with Crippen LogP contribution in [-0.4, -0.2) is 19.5 Å². The molecule has 5 heteroatoms. The van der Waals surface area contributed by atoms with Gasteiger partial charge >= 0.3 is 0 Å². The van der Waals surface area contributed by atoms with E-state index >= 15 is 0 Å². The Morgan fingerprint density at radius 2 is 1.27 bits per heavy atom. The normalized spacial score (nSPS) is 11.5. The molecule has 8 rings (SSSR count). The van der Waals surface area contributed by atoms with Gasteiger partial charge < -0.3 is 4.57 Å². The summed E-state index contributed by atoms with van der Waals surface area (Å²) in [5.41, 5.74) is 8.22. The molecule has 40 heavy (non-hydrogen) atoms. The molecule has 0 amide bonds. The number of para-hydroxylation sites is 1. The lowest BCUT2D eigenvalue weighted by molar-refractivity contribution is 1.17. The van der Waals surface area contributed by atoms with Crippen molar-refractivity contribution in [2.45, 2.75) is 0 Å². The van der Waals surface area contributed by atoms with E-state index in [0.717, 1.165) is 39.3 Å². The molecule has 4 aromatic carbocycles. The van der Waals surface area contributed by atoms with Crippen molar-refractivity contribution in [1.82, 2.24) is 19.5 Å². The van der Waals surface area contributed by atoms with Gasteiger partial charge in [-0.05, 0) is 36.4 Å². The van der Waals surface area contributed by atoms with E-state index in [9.17, 15) is 0 Å². The molecular weight excluding hydrogens is 508 g/mol. The van der Waals surface area contributed by atoms with Crippen LogP contribution in [-0.2, 0) is 0 Å². The maximum Gasteiger partial charge on any atom is 0.160 e. The number of nitrogens with zero attached hydrogens (tertiary/aromatic N) is 4. The smallest absolute Gasteiger partial charge is 0.160 e. The zero-order valence-electron chi connectivity index (χ0n) is 21.4.